The summed E-state index contributed by atoms with van der Waals surface area (Å²) >= 11 is 0. The van der Waals surface area contributed by atoms with Crippen molar-refractivity contribution in [2.75, 3.05) is 0 Å². The maximum absolute atomic E-state index is 14.1. The maximum atomic E-state index is 14.1. The van der Waals surface area contributed by atoms with Gasteiger partial charge in [0.05, 0.1) is 0 Å². The van der Waals surface area contributed by atoms with Crippen LogP contribution >= 0.6 is 0 Å². The molecular weight excluding hydrogens is 308 g/mol. The van der Waals surface area contributed by atoms with Crippen LogP contribution in [0.1, 0.15) is 56.6 Å². The van der Waals surface area contributed by atoms with Crippen LogP contribution in [0, 0.1) is 5.82 Å². The lowest BCUT2D eigenvalue weighted by molar-refractivity contribution is -0.275. The van der Waals surface area contributed by atoms with E-state index in [1.807, 2.05) is 6.08 Å². The van der Waals surface area contributed by atoms with Crippen molar-refractivity contribution in [2.45, 2.75) is 64.7 Å². The van der Waals surface area contributed by atoms with Gasteiger partial charge in [-0.2, -0.15) is 0 Å². The number of ether oxygens (including phenoxy) is 1. The maximum Gasteiger partial charge on any atom is 0.573 e. The molecule has 5 heteroatoms. The summed E-state index contributed by atoms with van der Waals surface area (Å²) in [6, 6.07) is 2.62. The van der Waals surface area contributed by atoms with E-state index in [0.29, 0.717) is 18.4 Å². The van der Waals surface area contributed by atoms with Gasteiger partial charge in [-0.05, 0) is 42.9 Å². The zero-order chi connectivity index (χ0) is 16.9. The highest BCUT2D eigenvalue weighted by Gasteiger charge is 2.33. The highest BCUT2D eigenvalue weighted by molar-refractivity contribution is 5.43. The van der Waals surface area contributed by atoms with E-state index in [1.165, 1.54) is 31.3 Å². The molecule has 1 aliphatic rings. The SMILES string of the molecule is CCCCCCCC1=CCc2c(ccc(OC(F)(F)F)c2F)C1. The molecule has 0 aromatic heterocycles. The third-order valence-corrected chi connectivity index (χ3v) is 4.14. The molecule has 1 aromatic rings. The number of halogens is 4. The first-order valence-corrected chi connectivity index (χ1v) is 8.14. The molecule has 0 heterocycles. The molecule has 0 atom stereocenters. The second-order valence-electron chi connectivity index (χ2n) is 5.97. The van der Waals surface area contributed by atoms with Gasteiger partial charge in [0.1, 0.15) is 0 Å². The zero-order valence-corrected chi connectivity index (χ0v) is 13.3. The Bertz CT molecular complexity index is 561. The first kappa shape index (κ1) is 17.8. The fourth-order valence-corrected chi connectivity index (χ4v) is 2.94. The van der Waals surface area contributed by atoms with Crippen molar-refractivity contribution in [3.63, 3.8) is 0 Å². The predicted molar refractivity (Wildman–Crippen MR) is 82.0 cm³/mol. The molecule has 0 amide bonds. The van der Waals surface area contributed by atoms with Gasteiger partial charge in [-0.15, -0.1) is 13.2 Å². The van der Waals surface area contributed by atoms with Crippen LogP contribution in [-0.4, -0.2) is 6.36 Å². The van der Waals surface area contributed by atoms with Gasteiger partial charge in [-0.1, -0.05) is 50.3 Å². The van der Waals surface area contributed by atoms with Crippen LogP contribution in [0.2, 0.25) is 0 Å². The number of fused-ring (bicyclic) bond motifs is 1. The third-order valence-electron chi connectivity index (χ3n) is 4.14. The molecule has 0 aliphatic heterocycles. The number of hydrogen-bond acceptors (Lipinski definition) is 1. The number of allylic oxidation sites excluding steroid dienone is 2. The van der Waals surface area contributed by atoms with Crippen molar-refractivity contribution in [3.8, 4) is 5.75 Å². The van der Waals surface area contributed by atoms with Crippen molar-refractivity contribution in [3.05, 3.63) is 40.7 Å². The lowest BCUT2D eigenvalue weighted by atomic mass is 9.88. The summed E-state index contributed by atoms with van der Waals surface area (Å²) in [5.74, 6) is -1.63. The average molecular weight is 330 g/mol. The van der Waals surface area contributed by atoms with Gasteiger partial charge in [0, 0.05) is 0 Å². The Morgan fingerprint density at radius 1 is 1.09 bits per heavy atom. The third kappa shape index (κ3) is 5.26. The molecule has 1 aliphatic carbocycles. The van der Waals surface area contributed by atoms with Crippen LogP contribution in [-0.2, 0) is 12.8 Å². The van der Waals surface area contributed by atoms with Crippen molar-refractivity contribution in [1.29, 1.82) is 0 Å². The monoisotopic (exact) mass is 330 g/mol. The number of hydrogen-bond donors (Lipinski definition) is 0. The molecule has 23 heavy (non-hydrogen) atoms. The second-order valence-corrected chi connectivity index (χ2v) is 5.97. The number of unbranched alkanes of at least 4 members (excludes halogenated alkanes) is 4. The molecule has 0 unspecified atom stereocenters. The van der Waals surface area contributed by atoms with Gasteiger partial charge in [-0.3, -0.25) is 0 Å². The molecule has 0 fully saturated rings. The van der Waals surface area contributed by atoms with Crippen LogP contribution in [0.3, 0.4) is 0 Å². The Morgan fingerprint density at radius 3 is 2.52 bits per heavy atom. The topological polar surface area (TPSA) is 9.23 Å². The van der Waals surface area contributed by atoms with Crippen molar-refractivity contribution in [1.82, 2.24) is 0 Å². The summed E-state index contributed by atoms with van der Waals surface area (Å²) in [5.41, 5.74) is 2.34. The molecule has 1 aromatic carbocycles. The molecule has 128 valence electrons. The Labute approximate surface area is 134 Å². The van der Waals surface area contributed by atoms with E-state index in [2.05, 4.69) is 11.7 Å². The largest absolute Gasteiger partial charge is 0.573 e. The smallest absolute Gasteiger partial charge is 0.403 e. The minimum Gasteiger partial charge on any atom is -0.403 e. The molecular formula is C18H22F4O. The van der Waals surface area contributed by atoms with Gasteiger partial charge in [-0.25, -0.2) is 4.39 Å². The van der Waals surface area contributed by atoms with Gasteiger partial charge >= 0.3 is 6.36 Å². The highest BCUT2D eigenvalue weighted by atomic mass is 19.4. The molecule has 0 N–H and O–H groups in total. The molecule has 0 bridgehead atoms. The van der Waals surface area contributed by atoms with Gasteiger partial charge < -0.3 is 4.74 Å². The summed E-state index contributed by atoms with van der Waals surface area (Å²) in [6.07, 6.45) is 4.98. The van der Waals surface area contributed by atoms with Crippen LogP contribution in [0.25, 0.3) is 0 Å². The molecule has 1 nitrogen and oxygen atoms in total. The number of benzene rings is 1. The summed E-state index contributed by atoms with van der Waals surface area (Å²) in [7, 11) is 0. The minimum atomic E-state index is -4.87. The van der Waals surface area contributed by atoms with Crippen LogP contribution < -0.4 is 4.74 Å². The lowest BCUT2D eigenvalue weighted by Gasteiger charge is -2.20. The molecule has 0 radical (unpaired) electrons. The van der Waals surface area contributed by atoms with E-state index < -0.39 is 17.9 Å². The molecule has 0 spiro atoms. The van der Waals surface area contributed by atoms with E-state index in [9.17, 15) is 17.6 Å². The van der Waals surface area contributed by atoms with Crippen LogP contribution in [0.15, 0.2) is 23.8 Å². The van der Waals surface area contributed by atoms with Crippen LogP contribution in [0.5, 0.6) is 5.75 Å². The van der Waals surface area contributed by atoms with Crippen molar-refractivity contribution >= 4 is 0 Å². The normalized spacial score (nSPS) is 14.4. The highest BCUT2D eigenvalue weighted by Crippen LogP contribution is 2.33. The van der Waals surface area contributed by atoms with Crippen LogP contribution in [0.4, 0.5) is 17.6 Å². The van der Waals surface area contributed by atoms with Crippen molar-refractivity contribution < 1.29 is 22.3 Å². The number of rotatable bonds is 7. The average Bonchev–Trinajstić information content (AvgIpc) is 2.49. The fourth-order valence-electron chi connectivity index (χ4n) is 2.94. The van der Waals surface area contributed by atoms with E-state index in [-0.39, 0.29) is 0 Å². The summed E-state index contributed by atoms with van der Waals surface area (Å²) in [6.45, 7) is 2.17. The predicted octanol–water partition coefficient (Wildman–Crippen LogP) is 6.11. The Kier molecular flexibility index (Phi) is 6.08. The van der Waals surface area contributed by atoms with Gasteiger partial charge in [0.2, 0.25) is 0 Å². The first-order chi connectivity index (χ1) is 10.9. The minimum absolute atomic E-state index is 0.321. The molecule has 0 saturated carbocycles. The Hall–Kier alpha value is -1.52. The van der Waals surface area contributed by atoms with E-state index in [0.717, 1.165) is 24.5 Å². The standard InChI is InChI=1S/C18H22F4O/c1-2-3-4-5-6-7-13-8-10-15-14(12-13)9-11-16(17(15)19)23-18(20,21)22/h8-9,11H,2-7,10,12H2,1H3. The molecule has 2 rings (SSSR count). The van der Waals surface area contributed by atoms with Gasteiger partial charge in [0.25, 0.3) is 0 Å². The summed E-state index contributed by atoms with van der Waals surface area (Å²) in [4.78, 5) is 0. The van der Waals surface area contributed by atoms with E-state index in [1.54, 1.807) is 6.07 Å². The number of alkyl halides is 3. The fraction of sp³-hybridized carbons (Fsp3) is 0.556. The quantitative estimate of drug-likeness (QED) is 0.333. The van der Waals surface area contributed by atoms with Gasteiger partial charge in [0.15, 0.2) is 11.6 Å². The summed E-state index contributed by atoms with van der Waals surface area (Å²) < 4.78 is 54.6. The lowest BCUT2D eigenvalue weighted by Crippen LogP contribution is -2.19. The molecule has 0 saturated heterocycles. The van der Waals surface area contributed by atoms with E-state index >= 15 is 0 Å². The second kappa shape index (κ2) is 7.84. The Balaban J connectivity index is 1.96. The zero-order valence-electron chi connectivity index (χ0n) is 13.3. The first-order valence-electron chi connectivity index (χ1n) is 8.14. The van der Waals surface area contributed by atoms with Crippen molar-refractivity contribution in [2.24, 2.45) is 0 Å². The summed E-state index contributed by atoms with van der Waals surface area (Å²) in [5, 5.41) is 0. The van der Waals surface area contributed by atoms with E-state index in [4.69, 9.17) is 0 Å². The Morgan fingerprint density at radius 2 is 1.83 bits per heavy atom.